The maximum absolute atomic E-state index is 13.1. The summed E-state index contributed by atoms with van der Waals surface area (Å²) >= 11 is 0.831. The number of hydrogen-bond acceptors (Lipinski definition) is 6. The first-order valence-corrected chi connectivity index (χ1v) is 13.2. The van der Waals surface area contributed by atoms with E-state index in [9.17, 15) is 14.4 Å². The molecule has 1 saturated heterocycles. The predicted octanol–water partition coefficient (Wildman–Crippen LogP) is 6.09. The van der Waals surface area contributed by atoms with Gasteiger partial charge < -0.3 is 15.0 Å². The van der Waals surface area contributed by atoms with Crippen LogP contribution >= 0.6 is 11.8 Å². The maximum atomic E-state index is 13.1. The minimum absolute atomic E-state index is 0.137. The van der Waals surface area contributed by atoms with Gasteiger partial charge in [-0.3, -0.25) is 19.3 Å². The number of aryl methyl sites for hydroxylation is 1. The lowest BCUT2D eigenvalue weighted by atomic mass is 9.87. The number of methoxy groups -OCH3 is 1. The number of anilines is 2. The van der Waals surface area contributed by atoms with E-state index in [0.717, 1.165) is 52.0 Å². The first-order valence-electron chi connectivity index (χ1n) is 12.4. The van der Waals surface area contributed by atoms with Gasteiger partial charge in [0.15, 0.2) is 0 Å². The van der Waals surface area contributed by atoms with E-state index >= 15 is 0 Å². The lowest BCUT2D eigenvalue weighted by Gasteiger charge is -2.43. The SMILES string of the molecule is CCCN1c2cc(OC)c(/C=C3/SC(=O)N(CC(=O)Nc4ccc(C)cc4)C3=O)cc2C(C)=CC1(C)C. The van der Waals surface area contributed by atoms with E-state index in [1.807, 2.05) is 31.2 Å². The van der Waals surface area contributed by atoms with Crippen LogP contribution < -0.4 is 15.0 Å². The second kappa shape index (κ2) is 10.5. The minimum atomic E-state index is -0.491. The number of hydrogen-bond donors (Lipinski definition) is 1. The first kappa shape index (κ1) is 26.5. The highest BCUT2D eigenvalue weighted by Gasteiger charge is 2.37. The van der Waals surface area contributed by atoms with Gasteiger partial charge in [-0.25, -0.2) is 0 Å². The van der Waals surface area contributed by atoms with Crippen molar-refractivity contribution >= 4 is 51.8 Å². The summed E-state index contributed by atoms with van der Waals surface area (Å²) in [6.07, 6.45) is 4.94. The average molecular weight is 520 g/mol. The van der Waals surface area contributed by atoms with Crippen LogP contribution in [0.5, 0.6) is 5.75 Å². The summed E-state index contributed by atoms with van der Waals surface area (Å²) in [6.45, 7) is 11.1. The molecule has 8 heteroatoms. The van der Waals surface area contributed by atoms with Crippen molar-refractivity contribution in [2.45, 2.75) is 46.6 Å². The van der Waals surface area contributed by atoms with E-state index in [1.54, 1.807) is 25.3 Å². The molecular formula is C29H33N3O4S. The highest BCUT2D eigenvalue weighted by atomic mass is 32.2. The van der Waals surface area contributed by atoms with Crippen molar-refractivity contribution in [2.75, 3.05) is 30.4 Å². The highest BCUT2D eigenvalue weighted by molar-refractivity contribution is 8.18. The molecule has 0 bridgehead atoms. The molecule has 7 nitrogen and oxygen atoms in total. The number of carbonyl (C=O) groups excluding carboxylic acids is 3. The number of nitrogens with one attached hydrogen (secondary N) is 1. The molecule has 0 spiro atoms. The molecule has 194 valence electrons. The third kappa shape index (κ3) is 5.44. The normalized spacial score (nSPS) is 17.7. The summed E-state index contributed by atoms with van der Waals surface area (Å²) in [5.41, 5.74) is 5.55. The van der Waals surface area contributed by atoms with Gasteiger partial charge in [0, 0.05) is 35.1 Å². The van der Waals surface area contributed by atoms with E-state index in [4.69, 9.17) is 4.74 Å². The van der Waals surface area contributed by atoms with Crippen molar-refractivity contribution < 1.29 is 19.1 Å². The standard InChI is InChI=1S/C29H33N3O4S/c1-7-12-32-23-15-24(36-6)20(13-22(23)19(3)16-29(32,4)5)14-25-27(34)31(28(35)37-25)17-26(33)30-21-10-8-18(2)9-11-21/h8-11,13-16H,7,12,17H2,1-6H3,(H,30,33)/b25-14+. The number of ether oxygens (including phenoxy) is 1. The summed E-state index contributed by atoms with van der Waals surface area (Å²) in [4.78, 5) is 41.9. The van der Waals surface area contributed by atoms with Crippen LogP contribution in [0.3, 0.4) is 0 Å². The quantitative estimate of drug-likeness (QED) is 0.446. The van der Waals surface area contributed by atoms with Crippen LogP contribution in [0.4, 0.5) is 16.2 Å². The van der Waals surface area contributed by atoms with Gasteiger partial charge >= 0.3 is 0 Å². The van der Waals surface area contributed by atoms with Crippen molar-refractivity contribution in [3.05, 3.63) is 64.1 Å². The van der Waals surface area contributed by atoms with Gasteiger partial charge in [-0.2, -0.15) is 0 Å². The van der Waals surface area contributed by atoms with E-state index in [-0.39, 0.29) is 17.0 Å². The molecule has 0 atom stereocenters. The molecule has 0 unspecified atom stereocenters. The molecule has 2 heterocycles. The van der Waals surface area contributed by atoms with Crippen LogP contribution in [0.1, 0.15) is 50.8 Å². The fourth-order valence-corrected chi connectivity index (χ4v) is 5.63. The van der Waals surface area contributed by atoms with Crippen LogP contribution in [-0.2, 0) is 9.59 Å². The Morgan fingerprint density at radius 2 is 1.84 bits per heavy atom. The lowest BCUT2D eigenvalue weighted by Crippen LogP contribution is -2.45. The number of nitrogens with zero attached hydrogens (tertiary/aromatic N) is 2. The molecule has 4 rings (SSSR count). The number of imide groups is 1. The summed E-state index contributed by atoms with van der Waals surface area (Å²) in [7, 11) is 1.60. The van der Waals surface area contributed by atoms with Crippen molar-refractivity contribution in [1.29, 1.82) is 0 Å². The molecule has 2 aliphatic heterocycles. The number of rotatable bonds is 7. The van der Waals surface area contributed by atoms with E-state index in [1.165, 1.54) is 0 Å². The third-order valence-corrected chi connectivity index (χ3v) is 7.48. The van der Waals surface area contributed by atoms with Gasteiger partial charge in [0.1, 0.15) is 12.3 Å². The van der Waals surface area contributed by atoms with Crippen molar-refractivity contribution in [3.63, 3.8) is 0 Å². The van der Waals surface area contributed by atoms with E-state index < -0.39 is 17.1 Å². The summed E-state index contributed by atoms with van der Waals surface area (Å²) < 4.78 is 5.71. The van der Waals surface area contributed by atoms with Crippen LogP contribution in [0.15, 0.2) is 47.4 Å². The van der Waals surface area contributed by atoms with Gasteiger partial charge in [-0.1, -0.05) is 30.7 Å². The zero-order valence-corrected chi connectivity index (χ0v) is 23.0. The zero-order valence-electron chi connectivity index (χ0n) is 22.2. The Morgan fingerprint density at radius 1 is 1.14 bits per heavy atom. The number of allylic oxidation sites excluding steroid dienone is 1. The maximum Gasteiger partial charge on any atom is 0.294 e. The van der Waals surface area contributed by atoms with E-state index in [0.29, 0.717) is 17.0 Å². The average Bonchev–Trinajstić information content (AvgIpc) is 3.10. The Bertz CT molecular complexity index is 1310. The highest BCUT2D eigenvalue weighted by Crippen LogP contribution is 2.43. The van der Waals surface area contributed by atoms with Gasteiger partial charge in [0.25, 0.3) is 11.1 Å². The molecular weight excluding hydrogens is 486 g/mol. The smallest absolute Gasteiger partial charge is 0.294 e. The summed E-state index contributed by atoms with van der Waals surface area (Å²) in [5.74, 6) is -0.303. The largest absolute Gasteiger partial charge is 0.496 e. The Kier molecular flexibility index (Phi) is 7.50. The number of carbonyl (C=O) groups is 3. The topological polar surface area (TPSA) is 79.0 Å². The molecule has 1 fully saturated rings. The summed E-state index contributed by atoms with van der Waals surface area (Å²) in [6, 6.07) is 11.3. The predicted molar refractivity (Wildman–Crippen MR) is 151 cm³/mol. The molecule has 2 aromatic rings. The molecule has 1 N–H and O–H groups in total. The molecule has 2 aliphatic rings. The van der Waals surface area contributed by atoms with Crippen LogP contribution in [-0.4, -0.2) is 47.7 Å². The number of amides is 3. The second-order valence-corrected chi connectivity index (χ2v) is 10.9. The van der Waals surface area contributed by atoms with Crippen LogP contribution in [0, 0.1) is 6.92 Å². The fraction of sp³-hybridized carbons (Fsp3) is 0.345. The number of benzene rings is 2. The molecule has 0 aromatic heterocycles. The van der Waals surface area contributed by atoms with E-state index in [2.05, 4.69) is 44.0 Å². The van der Waals surface area contributed by atoms with Gasteiger partial charge in [-0.05, 0) is 75.7 Å². The van der Waals surface area contributed by atoms with Gasteiger partial charge in [-0.15, -0.1) is 0 Å². The van der Waals surface area contributed by atoms with Crippen molar-refractivity contribution in [1.82, 2.24) is 4.90 Å². The lowest BCUT2D eigenvalue weighted by molar-refractivity contribution is -0.127. The Balaban J connectivity index is 1.60. The Morgan fingerprint density at radius 3 is 2.49 bits per heavy atom. The number of thioether (sulfide) groups is 1. The molecule has 2 aromatic carbocycles. The van der Waals surface area contributed by atoms with Gasteiger partial charge in [0.2, 0.25) is 5.91 Å². The van der Waals surface area contributed by atoms with Crippen LogP contribution in [0.2, 0.25) is 0 Å². The Hall–Kier alpha value is -3.52. The van der Waals surface area contributed by atoms with Crippen molar-refractivity contribution in [2.24, 2.45) is 0 Å². The minimum Gasteiger partial charge on any atom is -0.496 e. The fourth-order valence-electron chi connectivity index (χ4n) is 4.80. The molecule has 0 aliphatic carbocycles. The molecule has 37 heavy (non-hydrogen) atoms. The van der Waals surface area contributed by atoms with Crippen LogP contribution in [0.25, 0.3) is 11.6 Å². The first-order chi connectivity index (χ1) is 17.5. The monoisotopic (exact) mass is 519 g/mol. The Labute approximate surface area is 222 Å². The second-order valence-electron chi connectivity index (χ2n) is 9.93. The molecule has 0 saturated carbocycles. The molecule has 3 amide bonds. The summed E-state index contributed by atoms with van der Waals surface area (Å²) in [5, 5.41) is 2.26. The van der Waals surface area contributed by atoms with Crippen molar-refractivity contribution in [3.8, 4) is 5.75 Å². The zero-order chi connectivity index (χ0) is 26.9. The van der Waals surface area contributed by atoms with Gasteiger partial charge in [0.05, 0.1) is 17.6 Å². The third-order valence-electron chi connectivity index (χ3n) is 6.57. The molecule has 0 radical (unpaired) electrons. The number of fused-ring (bicyclic) bond motifs is 1.